The fourth-order valence-electron chi connectivity index (χ4n) is 3.72. The Hall–Kier alpha value is -3.75. The number of urea groups is 1. The molecule has 0 bridgehead atoms. The molecule has 1 aliphatic heterocycles. The van der Waals surface area contributed by atoms with E-state index < -0.39 is 17.7 Å². The predicted octanol–water partition coefficient (Wildman–Crippen LogP) is 3.84. The lowest BCUT2D eigenvalue weighted by Gasteiger charge is -2.16. The summed E-state index contributed by atoms with van der Waals surface area (Å²) in [5, 5.41) is 5.41. The molecule has 9 heteroatoms. The first-order valence-corrected chi connectivity index (χ1v) is 9.32. The van der Waals surface area contributed by atoms with Crippen molar-refractivity contribution in [2.45, 2.75) is 12.0 Å². The minimum atomic E-state index is -0.599. The van der Waals surface area contributed by atoms with Crippen LogP contribution in [0.4, 0.5) is 19.4 Å². The van der Waals surface area contributed by atoms with Gasteiger partial charge in [0.15, 0.2) is 11.6 Å². The zero-order chi connectivity index (χ0) is 20.7. The second-order valence-electron chi connectivity index (χ2n) is 7.07. The number of amides is 2. The zero-order valence-electron chi connectivity index (χ0n) is 15.5. The van der Waals surface area contributed by atoms with Gasteiger partial charge in [0.1, 0.15) is 23.1 Å². The lowest BCUT2D eigenvalue weighted by molar-refractivity contribution is 0.247. The Morgan fingerprint density at radius 1 is 1.10 bits per heavy atom. The number of fused-ring (bicyclic) bond motifs is 3. The number of nitrogens with one attached hydrogen (secondary N) is 2. The maximum Gasteiger partial charge on any atom is 0.320 e. The van der Waals surface area contributed by atoms with Gasteiger partial charge in [0.05, 0.1) is 19.0 Å². The summed E-state index contributed by atoms with van der Waals surface area (Å²) in [6.07, 6.45) is 4.69. The molecule has 0 saturated heterocycles. The van der Waals surface area contributed by atoms with Crippen molar-refractivity contribution in [3.05, 3.63) is 72.2 Å². The number of halogens is 2. The lowest BCUT2D eigenvalue weighted by Crippen LogP contribution is -2.32. The van der Waals surface area contributed by atoms with E-state index in [2.05, 4.69) is 20.6 Å². The molecule has 0 radical (unpaired) electrons. The summed E-state index contributed by atoms with van der Waals surface area (Å²) < 4.78 is 39.0. The second kappa shape index (κ2) is 7.25. The largest absolute Gasteiger partial charge is 0.490 e. The maximum absolute atomic E-state index is 14.2. The molecule has 1 saturated carbocycles. The van der Waals surface area contributed by atoms with E-state index in [0.29, 0.717) is 17.3 Å². The molecule has 1 fully saturated rings. The Bertz CT molecular complexity index is 1100. The van der Waals surface area contributed by atoms with E-state index in [1.54, 1.807) is 36.7 Å². The molecule has 7 nitrogen and oxygen atoms in total. The summed E-state index contributed by atoms with van der Waals surface area (Å²) in [6, 6.07) is 8.07. The number of carbonyl (C=O) groups excluding carboxylic acids is 1. The molecule has 2 aliphatic rings. The molecule has 3 heterocycles. The van der Waals surface area contributed by atoms with Gasteiger partial charge in [0.25, 0.3) is 0 Å². The van der Waals surface area contributed by atoms with Gasteiger partial charge in [-0.25, -0.2) is 18.6 Å². The number of ether oxygens (including phenoxy) is 2. The van der Waals surface area contributed by atoms with Crippen LogP contribution in [0.5, 0.6) is 17.2 Å². The van der Waals surface area contributed by atoms with Gasteiger partial charge >= 0.3 is 6.03 Å². The summed E-state index contributed by atoms with van der Waals surface area (Å²) in [5.74, 6) is -0.209. The smallest absolute Gasteiger partial charge is 0.320 e. The van der Waals surface area contributed by atoms with Gasteiger partial charge < -0.3 is 14.8 Å². The third-order valence-corrected chi connectivity index (χ3v) is 5.16. The van der Waals surface area contributed by atoms with Crippen molar-refractivity contribution >= 4 is 11.8 Å². The van der Waals surface area contributed by atoms with Crippen molar-refractivity contribution in [2.24, 2.45) is 5.92 Å². The van der Waals surface area contributed by atoms with Crippen molar-refractivity contribution in [3.63, 3.8) is 0 Å². The third-order valence-electron chi connectivity index (χ3n) is 5.16. The van der Waals surface area contributed by atoms with Crippen LogP contribution in [-0.2, 0) is 0 Å². The summed E-state index contributed by atoms with van der Waals surface area (Å²) >= 11 is 0. The van der Waals surface area contributed by atoms with E-state index in [1.165, 1.54) is 6.20 Å². The highest BCUT2D eigenvalue weighted by atomic mass is 19.1. The number of anilines is 1. The number of carbonyl (C=O) groups is 1. The number of hydrogen-bond donors (Lipinski definition) is 2. The Morgan fingerprint density at radius 3 is 2.70 bits per heavy atom. The van der Waals surface area contributed by atoms with Crippen LogP contribution >= 0.6 is 0 Å². The highest BCUT2D eigenvalue weighted by molar-refractivity contribution is 5.89. The monoisotopic (exact) mass is 410 g/mol. The van der Waals surface area contributed by atoms with Crippen molar-refractivity contribution in [1.29, 1.82) is 0 Å². The highest BCUT2D eigenvalue weighted by Crippen LogP contribution is 2.55. The zero-order valence-corrected chi connectivity index (χ0v) is 15.5. The van der Waals surface area contributed by atoms with Crippen LogP contribution in [0.2, 0.25) is 0 Å². The number of pyridine rings is 2. The molecular weight excluding hydrogens is 394 g/mol. The quantitative estimate of drug-likeness (QED) is 0.683. The number of rotatable bonds is 4. The van der Waals surface area contributed by atoms with Gasteiger partial charge in [-0.2, -0.15) is 0 Å². The topological polar surface area (TPSA) is 85.4 Å². The first kappa shape index (κ1) is 18.3. The van der Waals surface area contributed by atoms with Gasteiger partial charge in [-0.15, -0.1) is 0 Å². The van der Waals surface area contributed by atoms with E-state index in [1.807, 2.05) is 0 Å². The normalized spacial score (nSPS) is 20.9. The van der Waals surface area contributed by atoms with Crippen LogP contribution in [0, 0.1) is 17.6 Å². The summed E-state index contributed by atoms with van der Waals surface area (Å²) in [6.45, 7) is 0.224. The predicted molar refractivity (Wildman–Crippen MR) is 103 cm³/mol. The first-order valence-electron chi connectivity index (χ1n) is 9.32. The van der Waals surface area contributed by atoms with Crippen LogP contribution in [-0.4, -0.2) is 28.6 Å². The second-order valence-corrected chi connectivity index (χ2v) is 7.07. The molecule has 152 valence electrons. The lowest BCUT2D eigenvalue weighted by atomic mass is 10.0. The molecule has 1 aliphatic carbocycles. The fraction of sp³-hybridized carbons (Fsp3) is 0.190. The molecule has 5 rings (SSSR count). The average molecular weight is 410 g/mol. The molecule has 2 N–H and O–H groups in total. The van der Waals surface area contributed by atoms with Crippen molar-refractivity contribution in [3.8, 4) is 17.2 Å². The maximum atomic E-state index is 14.2. The van der Waals surface area contributed by atoms with Crippen LogP contribution < -0.4 is 20.1 Å². The minimum absolute atomic E-state index is 0.0631. The Morgan fingerprint density at radius 2 is 1.93 bits per heavy atom. The third kappa shape index (κ3) is 3.38. The van der Waals surface area contributed by atoms with E-state index in [-0.39, 0.29) is 35.8 Å². The average Bonchev–Trinajstić information content (AvgIpc) is 3.45. The molecular formula is C21H16F2N4O3. The molecule has 0 unspecified atom stereocenters. The molecule has 1 aromatic carbocycles. The highest BCUT2D eigenvalue weighted by Gasteiger charge is 2.57. The Kier molecular flexibility index (Phi) is 4.42. The van der Waals surface area contributed by atoms with Gasteiger partial charge in [-0.3, -0.25) is 10.3 Å². The fourth-order valence-corrected chi connectivity index (χ4v) is 3.72. The van der Waals surface area contributed by atoms with Crippen LogP contribution in [0.3, 0.4) is 0 Å². The van der Waals surface area contributed by atoms with E-state index in [4.69, 9.17) is 9.47 Å². The van der Waals surface area contributed by atoms with Crippen molar-refractivity contribution < 1.29 is 23.0 Å². The number of aromatic nitrogens is 2. The first-order chi connectivity index (χ1) is 14.6. The molecule has 30 heavy (non-hydrogen) atoms. The molecule has 2 amide bonds. The molecule has 0 spiro atoms. The van der Waals surface area contributed by atoms with Crippen LogP contribution in [0.1, 0.15) is 11.5 Å². The summed E-state index contributed by atoms with van der Waals surface area (Å²) in [4.78, 5) is 20.4. The summed E-state index contributed by atoms with van der Waals surface area (Å²) in [5.41, 5.74) is 0.187. The molecule has 3 atom stereocenters. The van der Waals surface area contributed by atoms with Gasteiger partial charge in [-0.1, -0.05) is 0 Å². The van der Waals surface area contributed by atoms with Gasteiger partial charge in [0.2, 0.25) is 0 Å². The minimum Gasteiger partial charge on any atom is -0.490 e. The van der Waals surface area contributed by atoms with Gasteiger partial charge in [0, 0.05) is 29.6 Å². The van der Waals surface area contributed by atoms with Crippen molar-refractivity contribution in [1.82, 2.24) is 15.3 Å². The SMILES string of the molecule is O=C(Nc1ccc(Oc2cccnc2)cn1)N[C@@H]1[C@@H]2COc3c(F)ccc(F)c3[C@@H]21. The number of hydrogen-bond acceptors (Lipinski definition) is 5. The van der Waals surface area contributed by atoms with E-state index >= 15 is 0 Å². The Labute approximate surface area is 170 Å². The van der Waals surface area contributed by atoms with Crippen molar-refractivity contribution in [2.75, 3.05) is 11.9 Å². The number of nitrogens with zero attached hydrogens (tertiary/aromatic N) is 2. The molecule has 2 aromatic heterocycles. The van der Waals surface area contributed by atoms with E-state index in [0.717, 1.165) is 12.1 Å². The van der Waals surface area contributed by atoms with Crippen LogP contribution in [0.25, 0.3) is 0 Å². The standard InChI is InChI=1S/C21H16F2N4O3/c22-14-4-5-15(23)20-18(14)17-13(10-29-20)19(17)27-21(28)26-16-6-3-12(9-25-16)30-11-2-1-7-24-8-11/h1-9,13,17,19H,10H2,(H2,25,26,27,28)/t13-,17-,19-/m1/s1. The Balaban J connectivity index is 1.21. The van der Waals surface area contributed by atoms with Crippen LogP contribution in [0.15, 0.2) is 55.0 Å². The summed E-state index contributed by atoms with van der Waals surface area (Å²) in [7, 11) is 0. The number of benzene rings is 1. The molecule has 3 aromatic rings. The van der Waals surface area contributed by atoms with Gasteiger partial charge in [-0.05, 0) is 36.4 Å². The van der Waals surface area contributed by atoms with E-state index in [9.17, 15) is 13.6 Å².